The Labute approximate surface area is 93.9 Å². The van der Waals surface area contributed by atoms with E-state index in [0.29, 0.717) is 15.9 Å². The minimum Gasteiger partial charge on any atom is -0.214 e. The van der Waals surface area contributed by atoms with Crippen molar-refractivity contribution >= 4 is 15.9 Å². The lowest BCUT2D eigenvalue weighted by molar-refractivity contribution is -0.391. The molecule has 0 fully saturated rings. The molecule has 0 saturated carbocycles. The van der Waals surface area contributed by atoms with E-state index in [1.54, 1.807) is 0 Å². The molecule has 1 unspecified atom stereocenters. The summed E-state index contributed by atoms with van der Waals surface area (Å²) in [5.41, 5.74) is 0. The second kappa shape index (κ2) is 3.85. The van der Waals surface area contributed by atoms with Gasteiger partial charge in [0.2, 0.25) is 0 Å². The summed E-state index contributed by atoms with van der Waals surface area (Å²) in [5.74, 6) is -14.3. The van der Waals surface area contributed by atoms with Gasteiger partial charge in [0.25, 0.3) is 0 Å². The maximum Gasteiger partial charge on any atom is 0.460 e. The fraction of sp³-hybridized carbons (Fsp3) is 1.00. The number of hydrogen-bond donors (Lipinski definition) is 0. The van der Waals surface area contributed by atoms with E-state index in [4.69, 9.17) is 0 Å². The lowest BCUT2D eigenvalue weighted by atomic mass is 10.1. The number of hydrogen-bond acceptors (Lipinski definition) is 0. The maximum atomic E-state index is 12.5. The van der Waals surface area contributed by atoms with Crippen molar-refractivity contribution < 1.29 is 48.3 Å². The number of rotatable bonds is 2. The van der Waals surface area contributed by atoms with Crippen LogP contribution in [0.2, 0.25) is 0 Å². The lowest BCUT2D eigenvalue weighted by Gasteiger charge is -2.35. The quantitative estimate of drug-likeness (QED) is 0.511. The molecule has 17 heavy (non-hydrogen) atoms. The summed E-state index contributed by atoms with van der Waals surface area (Å²) < 4.78 is 124. The van der Waals surface area contributed by atoms with E-state index in [2.05, 4.69) is 0 Å². The van der Waals surface area contributed by atoms with Crippen molar-refractivity contribution in [3.8, 4) is 0 Å². The minimum atomic E-state index is -7.20. The van der Waals surface area contributed by atoms with Gasteiger partial charge >= 0.3 is 28.8 Å². The zero-order valence-electron chi connectivity index (χ0n) is 7.04. The molecule has 0 bridgehead atoms. The van der Waals surface area contributed by atoms with E-state index in [-0.39, 0.29) is 0 Å². The Morgan fingerprint density at radius 1 is 0.471 bits per heavy atom. The highest BCUT2D eigenvalue weighted by Crippen LogP contribution is 2.59. The maximum absolute atomic E-state index is 12.5. The van der Waals surface area contributed by atoms with Gasteiger partial charge in [0.05, 0.1) is 0 Å². The molecule has 0 spiro atoms. The van der Waals surface area contributed by atoms with Gasteiger partial charge in [-0.25, -0.2) is 4.39 Å². The average Bonchev–Trinajstić information content (AvgIpc) is 1.98. The molecule has 0 aromatic carbocycles. The van der Waals surface area contributed by atoms with Crippen LogP contribution in [0.5, 0.6) is 0 Å². The predicted octanol–water partition coefficient (Wildman–Crippen LogP) is 4.44. The first-order valence-corrected chi connectivity index (χ1v) is 4.06. The average molecular weight is 349 g/mol. The largest absolute Gasteiger partial charge is 0.460 e. The number of alkyl halides is 12. The zero-order chi connectivity index (χ0) is 14.5. The van der Waals surface area contributed by atoms with Crippen molar-refractivity contribution in [2.75, 3.05) is 0 Å². The monoisotopic (exact) mass is 348 g/mol. The van der Waals surface area contributed by atoms with E-state index in [1.807, 2.05) is 0 Å². The Bertz CT molecular complexity index is 255. The van der Waals surface area contributed by atoms with Crippen LogP contribution >= 0.6 is 15.9 Å². The van der Waals surface area contributed by atoms with Gasteiger partial charge in [-0.05, 0) is 15.9 Å². The van der Waals surface area contributed by atoms with Crippen LogP contribution in [-0.4, -0.2) is 28.8 Å². The fourth-order valence-electron chi connectivity index (χ4n) is 0.553. The molecule has 0 amide bonds. The molecule has 0 aliphatic carbocycles. The summed E-state index contributed by atoms with van der Waals surface area (Å²) >= 11 is 0.531. The Morgan fingerprint density at radius 3 is 0.941 bits per heavy atom. The Balaban J connectivity index is 5.73. The van der Waals surface area contributed by atoms with E-state index >= 15 is 0 Å². The van der Waals surface area contributed by atoms with E-state index in [9.17, 15) is 48.3 Å². The standard InChI is InChI=1S/C5BrF11/c6-1(7,4(12,13)14)2(8,9)3(10,11)5(15,16)17. The molecule has 0 aliphatic rings. The van der Waals surface area contributed by atoms with Gasteiger partial charge in [0, 0.05) is 0 Å². The first kappa shape index (κ1) is 16.7. The van der Waals surface area contributed by atoms with Gasteiger partial charge in [-0.15, -0.1) is 0 Å². The van der Waals surface area contributed by atoms with E-state index in [0.717, 1.165) is 0 Å². The van der Waals surface area contributed by atoms with Gasteiger partial charge in [0.1, 0.15) is 0 Å². The zero-order valence-corrected chi connectivity index (χ0v) is 8.62. The molecule has 12 heteroatoms. The lowest BCUT2D eigenvalue weighted by Crippen LogP contribution is -2.64. The second-order valence-corrected chi connectivity index (χ2v) is 3.81. The third-order valence-corrected chi connectivity index (χ3v) is 2.45. The SMILES string of the molecule is FC(F)(F)C(F)(F)C(F)(F)C(F)(Br)C(F)(F)F. The van der Waals surface area contributed by atoms with Crippen molar-refractivity contribution in [2.24, 2.45) is 0 Å². The Hall–Kier alpha value is -0.290. The van der Waals surface area contributed by atoms with Gasteiger partial charge in [-0.1, -0.05) is 0 Å². The summed E-state index contributed by atoms with van der Waals surface area (Å²) in [5, 5.41) is 0. The predicted molar refractivity (Wildman–Crippen MR) is 34.8 cm³/mol. The van der Waals surface area contributed by atoms with Crippen LogP contribution in [0.25, 0.3) is 0 Å². The van der Waals surface area contributed by atoms with Crippen LogP contribution in [0.3, 0.4) is 0 Å². The highest BCUT2D eigenvalue weighted by Gasteiger charge is 2.86. The summed E-state index contributed by atoms with van der Waals surface area (Å²) in [6, 6.07) is 0. The van der Waals surface area contributed by atoms with Crippen molar-refractivity contribution in [3.05, 3.63) is 0 Å². The smallest absolute Gasteiger partial charge is 0.214 e. The van der Waals surface area contributed by atoms with Gasteiger partial charge in [-0.3, -0.25) is 0 Å². The summed E-state index contributed by atoms with van der Waals surface area (Å²) in [4.78, 5) is 0. The highest BCUT2D eigenvalue weighted by molar-refractivity contribution is 9.10. The van der Waals surface area contributed by atoms with Crippen LogP contribution < -0.4 is 0 Å². The molecule has 0 heterocycles. The van der Waals surface area contributed by atoms with Gasteiger partial charge < -0.3 is 0 Å². The molecule has 0 rings (SSSR count). The third kappa shape index (κ3) is 2.32. The molecule has 0 saturated heterocycles. The minimum absolute atomic E-state index is 0.531. The topological polar surface area (TPSA) is 0 Å². The van der Waals surface area contributed by atoms with Crippen LogP contribution in [0.15, 0.2) is 0 Å². The van der Waals surface area contributed by atoms with Crippen LogP contribution in [0.1, 0.15) is 0 Å². The second-order valence-electron chi connectivity index (χ2n) is 2.72. The first-order valence-electron chi connectivity index (χ1n) is 3.27. The molecule has 0 N–H and O–H groups in total. The van der Waals surface area contributed by atoms with Crippen molar-refractivity contribution in [3.63, 3.8) is 0 Å². The van der Waals surface area contributed by atoms with Crippen molar-refractivity contribution in [2.45, 2.75) is 28.8 Å². The molecule has 0 aromatic heterocycles. The highest BCUT2D eigenvalue weighted by atomic mass is 79.9. The number of halogens is 12. The molecule has 0 radical (unpaired) electrons. The molecule has 0 aliphatic heterocycles. The normalized spacial score (nSPS) is 19.1. The van der Waals surface area contributed by atoms with Gasteiger partial charge in [-0.2, -0.15) is 43.9 Å². The third-order valence-electron chi connectivity index (χ3n) is 1.50. The molecule has 104 valence electrons. The first-order chi connectivity index (χ1) is 7.00. The fourth-order valence-corrected chi connectivity index (χ4v) is 0.802. The molecular formula is C5BrF11. The van der Waals surface area contributed by atoms with Gasteiger partial charge in [0.15, 0.2) is 0 Å². The Morgan fingerprint density at radius 2 is 0.765 bits per heavy atom. The summed E-state index contributed by atoms with van der Waals surface area (Å²) in [6.45, 7) is 0. The molecule has 1 atom stereocenters. The Kier molecular flexibility index (Phi) is 3.79. The van der Waals surface area contributed by atoms with E-state index in [1.165, 1.54) is 0 Å². The van der Waals surface area contributed by atoms with Crippen molar-refractivity contribution in [1.29, 1.82) is 0 Å². The van der Waals surface area contributed by atoms with Crippen LogP contribution in [0.4, 0.5) is 48.3 Å². The molecule has 0 aromatic rings. The molecule has 0 nitrogen and oxygen atoms in total. The van der Waals surface area contributed by atoms with Crippen LogP contribution in [-0.2, 0) is 0 Å². The summed E-state index contributed by atoms with van der Waals surface area (Å²) in [7, 11) is 0. The van der Waals surface area contributed by atoms with Crippen molar-refractivity contribution in [1.82, 2.24) is 0 Å². The van der Waals surface area contributed by atoms with Crippen LogP contribution in [0, 0.1) is 0 Å². The summed E-state index contributed by atoms with van der Waals surface area (Å²) in [6.07, 6.45) is -13.7. The molecular weight excluding hydrogens is 349 g/mol. The van der Waals surface area contributed by atoms with E-state index < -0.39 is 28.8 Å².